The van der Waals surface area contributed by atoms with Crippen LogP contribution in [0.5, 0.6) is 5.75 Å². The summed E-state index contributed by atoms with van der Waals surface area (Å²) in [6, 6.07) is 2.95. The van der Waals surface area contributed by atoms with Gasteiger partial charge >= 0.3 is 0 Å². The van der Waals surface area contributed by atoms with Crippen molar-refractivity contribution in [2.24, 2.45) is 5.10 Å². The van der Waals surface area contributed by atoms with Crippen LogP contribution in [0, 0.1) is 0 Å². The molecule has 0 aliphatic rings. The van der Waals surface area contributed by atoms with Gasteiger partial charge in [-0.25, -0.2) is 5.43 Å². The molecule has 0 aromatic heterocycles. The van der Waals surface area contributed by atoms with Crippen LogP contribution in [0.1, 0.15) is 23.7 Å². The standard InChI is InChI=1S/C11H12Cl2N2O2/c1-3-4-14-15-11(16)7-5-8(12)10(17-2)9(13)6-7/h4-6H,3H2,1-2H3,(H,15,16). The summed E-state index contributed by atoms with van der Waals surface area (Å²) in [5, 5.41) is 4.29. The number of methoxy groups -OCH3 is 1. The zero-order valence-corrected chi connectivity index (χ0v) is 11.0. The van der Waals surface area contributed by atoms with Crippen molar-refractivity contribution in [1.29, 1.82) is 0 Å². The van der Waals surface area contributed by atoms with Crippen LogP contribution in [-0.2, 0) is 0 Å². The summed E-state index contributed by atoms with van der Waals surface area (Å²) < 4.78 is 4.98. The molecule has 0 aliphatic carbocycles. The van der Waals surface area contributed by atoms with Crippen molar-refractivity contribution in [1.82, 2.24) is 5.43 Å². The van der Waals surface area contributed by atoms with Gasteiger partial charge in [-0.1, -0.05) is 30.1 Å². The number of carbonyl (C=O) groups is 1. The lowest BCUT2D eigenvalue weighted by Crippen LogP contribution is -2.17. The number of ether oxygens (including phenoxy) is 1. The number of nitrogens with zero attached hydrogens (tertiary/aromatic N) is 1. The van der Waals surface area contributed by atoms with E-state index in [0.717, 1.165) is 6.42 Å². The molecule has 0 aliphatic heterocycles. The molecule has 1 rings (SSSR count). The van der Waals surface area contributed by atoms with E-state index in [1.807, 2.05) is 6.92 Å². The Kier molecular flexibility index (Phi) is 5.25. The van der Waals surface area contributed by atoms with Crippen LogP contribution in [0.4, 0.5) is 0 Å². The molecule has 0 heterocycles. The van der Waals surface area contributed by atoms with Gasteiger partial charge < -0.3 is 4.74 Å². The first kappa shape index (κ1) is 13.8. The average Bonchev–Trinajstić information content (AvgIpc) is 2.28. The molecule has 0 bridgehead atoms. The molecule has 0 unspecified atom stereocenters. The molecule has 0 spiro atoms. The maximum atomic E-state index is 11.6. The SMILES string of the molecule is CCC=NNC(=O)c1cc(Cl)c(OC)c(Cl)c1. The van der Waals surface area contributed by atoms with Crippen molar-refractivity contribution in [3.05, 3.63) is 27.7 Å². The predicted octanol–water partition coefficient (Wildman–Crippen LogP) is 3.13. The van der Waals surface area contributed by atoms with Gasteiger partial charge in [-0.05, 0) is 18.6 Å². The van der Waals surface area contributed by atoms with E-state index in [2.05, 4.69) is 10.5 Å². The number of rotatable bonds is 4. The highest BCUT2D eigenvalue weighted by Crippen LogP contribution is 2.33. The van der Waals surface area contributed by atoms with Crippen LogP contribution in [0.25, 0.3) is 0 Å². The van der Waals surface area contributed by atoms with Crippen molar-refractivity contribution < 1.29 is 9.53 Å². The van der Waals surface area contributed by atoms with Gasteiger partial charge in [0.15, 0.2) is 5.75 Å². The summed E-state index contributed by atoms with van der Waals surface area (Å²) >= 11 is 11.8. The fourth-order valence-corrected chi connectivity index (χ4v) is 1.79. The lowest BCUT2D eigenvalue weighted by atomic mass is 10.2. The number of hydrazone groups is 1. The number of hydrogen-bond donors (Lipinski definition) is 1. The van der Waals surface area contributed by atoms with Gasteiger partial charge in [0.25, 0.3) is 5.91 Å². The monoisotopic (exact) mass is 274 g/mol. The second kappa shape index (κ2) is 6.47. The number of nitrogens with one attached hydrogen (secondary N) is 1. The molecular formula is C11H12Cl2N2O2. The van der Waals surface area contributed by atoms with Crippen LogP contribution in [-0.4, -0.2) is 19.2 Å². The van der Waals surface area contributed by atoms with Gasteiger partial charge in [0.1, 0.15) is 0 Å². The Morgan fingerprint density at radius 3 is 2.53 bits per heavy atom. The van der Waals surface area contributed by atoms with Gasteiger partial charge in [-0.15, -0.1) is 0 Å². The first-order valence-corrected chi connectivity index (χ1v) is 5.70. The maximum absolute atomic E-state index is 11.6. The van der Waals surface area contributed by atoms with E-state index in [-0.39, 0.29) is 16.0 Å². The number of halogens is 2. The van der Waals surface area contributed by atoms with Crippen LogP contribution in [0.3, 0.4) is 0 Å². The highest BCUT2D eigenvalue weighted by Gasteiger charge is 2.12. The highest BCUT2D eigenvalue weighted by atomic mass is 35.5. The minimum Gasteiger partial charge on any atom is -0.494 e. The summed E-state index contributed by atoms with van der Waals surface area (Å²) in [6.45, 7) is 1.91. The summed E-state index contributed by atoms with van der Waals surface area (Å²) in [5.41, 5.74) is 2.69. The average molecular weight is 275 g/mol. The molecule has 1 N–H and O–H groups in total. The Morgan fingerprint density at radius 2 is 2.06 bits per heavy atom. The zero-order chi connectivity index (χ0) is 12.8. The molecule has 1 aromatic rings. The third-order valence-corrected chi connectivity index (χ3v) is 2.47. The number of benzene rings is 1. The van der Waals surface area contributed by atoms with Gasteiger partial charge in [0, 0.05) is 11.8 Å². The normalized spacial score (nSPS) is 10.6. The van der Waals surface area contributed by atoms with Crippen molar-refractivity contribution in [3.8, 4) is 5.75 Å². The van der Waals surface area contributed by atoms with E-state index in [0.29, 0.717) is 11.3 Å². The summed E-state index contributed by atoms with van der Waals surface area (Å²) in [4.78, 5) is 11.6. The van der Waals surface area contributed by atoms with E-state index in [1.54, 1.807) is 6.21 Å². The maximum Gasteiger partial charge on any atom is 0.271 e. The Balaban J connectivity index is 2.92. The molecule has 92 valence electrons. The molecule has 1 aromatic carbocycles. The van der Waals surface area contributed by atoms with Gasteiger partial charge in [-0.2, -0.15) is 5.10 Å². The highest BCUT2D eigenvalue weighted by molar-refractivity contribution is 6.37. The number of amides is 1. The third-order valence-electron chi connectivity index (χ3n) is 1.90. The van der Waals surface area contributed by atoms with E-state index in [4.69, 9.17) is 27.9 Å². The van der Waals surface area contributed by atoms with Crippen molar-refractivity contribution >= 4 is 35.3 Å². The molecule has 0 fully saturated rings. The Hall–Kier alpha value is -1.26. The largest absolute Gasteiger partial charge is 0.494 e. The Morgan fingerprint density at radius 1 is 1.47 bits per heavy atom. The lowest BCUT2D eigenvalue weighted by molar-refractivity contribution is 0.0955. The van der Waals surface area contributed by atoms with Crippen molar-refractivity contribution in [2.75, 3.05) is 7.11 Å². The molecule has 17 heavy (non-hydrogen) atoms. The summed E-state index contributed by atoms with van der Waals surface area (Å²) in [6.07, 6.45) is 2.33. The first-order chi connectivity index (χ1) is 8.10. The minimum atomic E-state index is -0.374. The van der Waals surface area contributed by atoms with Crippen LogP contribution in [0.15, 0.2) is 17.2 Å². The molecule has 0 radical (unpaired) electrons. The van der Waals surface area contributed by atoms with E-state index < -0.39 is 0 Å². The van der Waals surface area contributed by atoms with Crippen molar-refractivity contribution in [2.45, 2.75) is 13.3 Å². The van der Waals surface area contributed by atoms with Crippen molar-refractivity contribution in [3.63, 3.8) is 0 Å². The van der Waals surface area contributed by atoms with Crippen LogP contribution < -0.4 is 10.2 Å². The molecule has 1 amide bonds. The first-order valence-electron chi connectivity index (χ1n) is 4.95. The molecular weight excluding hydrogens is 263 g/mol. The van der Waals surface area contributed by atoms with E-state index in [1.165, 1.54) is 19.2 Å². The third kappa shape index (κ3) is 3.61. The molecule has 0 saturated heterocycles. The number of carbonyl (C=O) groups excluding carboxylic acids is 1. The molecule has 6 heteroatoms. The minimum absolute atomic E-state index is 0.282. The molecule has 4 nitrogen and oxygen atoms in total. The van der Waals surface area contributed by atoms with E-state index >= 15 is 0 Å². The second-order valence-electron chi connectivity index (χ2n) is 3.13. The zero-order valence-electron chi connectivity index (χ0n) is 9.46. The quantitative estimate of drug-likeness (QED) is 0.678. The molecule has 0 saturated carbocycles. The van der Waals surface area contributed by atoms with Crippen LogP contribution in [0.2, 0.25) is 10.0 Å². The lowest BCUT2D eigenvalue weighted by Gasteiger charge is -2.07. The Bertz CT molecular complexity index is 424. The summed E-state index contributed by atoms with van der Waals surface area (Å²) in [7, 11) is 1.46. The Labute approximate surface area is 110 Å². The fourth-order valence-electron chi connectivity index (χ4n) is 1.15. The summed E-state index contributed by atoms with van der Waals surface area (Å²) in [5.74, 6) is -0.0249. The van der Waals surface area contributed by atoms with Gasteiger partial charge in [0.05, 0.1) is 17.2 Å². The van der Waals surface area contributed by atoms with Crippen LogP contribution >= 0.6 is 23.2 Å². The fraction of sp³-hybridized carbons (Fsp3) is 0.273. The second-order valence-corrected chi connectivity index (χ2v) is 3.95. The molecule has 0 atom stereocenters. The smallest absolute Gasteiger partial charge is 0.271 e. The van der Waals surface area contributed by atoms with Gasteiger partial charge in [0.2, 0.25) is 0 Å². The predicted molar refractivity (Wildman–Crippen MR) is 69.3 cm³/mol. The van der Waals surface area contributed by atoms with E-state index in [9.17, 15) is 4.79 Å². The van der Waals surface area contributed by atoms with Gasteiger partial charge in [-0.3, -0.25) is 4.79 Å². The topological polar surface area (TPSA) is 50.7 Å². The number of hydrogen-bond acceptors (Lipinski definition) is 3.